The Kier molecular flexibility index (Phi) is 15.0. The van der Waals surface area contributed by atoms with Gasteiger partial charge in [-0.05, 0) is 75.9 Å². The van der Waals surface area contributed by atoms with Crippen LogP contribution in [0.3, 0.4) is 0 Å². The summed E-state index contributed by atoms with van der Waals surface area (Å²) in [6.07, 6.45) is 11.9. The van der Waals surface area contributed by atoms with Gasteiger partial charge in [-0.3, -0.25) is 24.2 Å². The molecule has 6 rings (SSSR count). The SMILES string of the molecule is O=C(CCCC[C@@H]1SC[C@@H]2NC(=O)N[C@@H]21)NCCCN(CCCN1CCN(C2CCCCC2)CC1)CC(=O)Nc1ccc(C(=O)c2ccccc2)cc1. The quantitative estimate of drug-likeness (QED) is 0.0925. The number of hydrogen-bond donors (Lipinski definition) is 4. The molecule has 0 aromatic heterocycles. The third-order valence-electron chi connectivity index (χ3n) is 11.3. The number of nitrogens with one attached hydrogen (secondary N) is 4. The molecule has 3 atom stereocenters. The first kappa shape index (κ1) is 39.2. The van der Waals surface area contributed by atoms with Gasteiger partial charge < -0.3 is 26.2 Å². The van der Waals surface area contributed by atoms with Crippen molar-refractivity contribution in [3.63, 3.8) is 0 Å². The summed E-state index contributed by atoms with van der Waals surface area (Å²) in [5, 5.41) is 12.6. The van der Waals surface area contributed by atoms with Crippen molar-refractivity contribution in [2.75, 3.05) is 70.0 Å². The van der Waals surface area contributed by atoms with Gasteiger partial charge in [0.1, 0.15) is 0 Å². The second kappa shape index (κ2) is 20.3. The van der Waals surface area contributed by atoms with Crippen molar-refractivity contribution in [3.8, 4) is 0 Å². The number of nitrogens with zero attached hydrogens (tertiary/aromatic N) is 3. The van der Waals surface area contributed by atoms with Gasteiger partial charge >= 0.3 is 6.03 Å². The van der Waals surface area contributed by atoms with E-state index < -0.39 is 0 Å². The molecule has 12 heteroatoms. The van der Waals surface area contributed by atoms with Gasteiger partial charge in [-0.2, -0.15) is 11.8 Å². The molecule has 53 heavy (non-hydrogen) atoms. The fraction of sp³-hybridized carbons (Fsp3) is 0.610. The number of piperazine rings is 1. The highest BCUT2D eigenvalue weighted by Crippen LogP contribution is 2.33. The summed E-state index contributed by atoms with van der Waals surface area (Å²) < 4.78 is 0. The second-order valence-corrected chi connectivity index (χ2v) is 16.5. The zero-order valence-electron chi connectivity index (χ0n) is 31.2. The molecule has 4 fully saturated rings. The number of thioether (sulfide) groups is 1. The average molecular weight is 746 g/mol. The van der Waals surface area contributed by atoms with Crippen molar-refractivity contribution in [1.82, 2.24) is 30.7 Å². The first-order valence-corrected chi connectivity index (χ1v) is 21.1. The standard InChI is InChI=1S/C41H59N7O4S/c49-37(16-8-7-15-36-39-35(30-53-36)44-41(52)45-39)42-21-9-22-47(24-10-23-46-25-27-48(28-26-46)34-13-5-2-6-14-34)29-38(50)43-33-19-17-32(18-20-33)40(51)31-11-3-1-4-12-31/h1,3-4,11-12,17-20,34-36,39H,2,5-10,13-16,21-30H2,(H,42,49)(H,43,50)(H2,44,45,52)/t35-,36-,39-/m0/s1. The minimum absolute atomic E-state index is 0.0450. The maximum atomic E-state index is 13.2. The van der Waals surface area contributed by atoms with Crippen LogP contribution in [0.15, 0.2) is 54.6 Å². The molecule has 3 saturated heterocycles. The van der Waals surface area contributed by atoms with Crippen LogP contribution in [0.25, 0.3) is 0 Å². The number of benzene rings is 2. The Bertz CT molecular complexity index is 1480. The van der Waals surface area contributed by atoms with Crippen LogP contribution >= 0.6 is 11.8 Å². The van der Waals surface area contributed by atoms with E-state index in [1.165, 1.54) is 32.1 Å². The molecule has 3 aliphatic heterocycles. The number of urea groups is 1. The lowest BCUT2D eigenvalue weighted by molar-refractivity contribution is -0.121. The number of carbonyl (C=O) groups excluding carboxylic acids is 4. The summed E-state index contributed by atoms with van der Waals surface area (Å²) in [6, 6.07) is 17.4. The number of fused-ring (bicyclic) bond motifs is 1. The first-order valence-electron chi connectivity index (χ1n) is 20.0. The normalized spacial score (nSPS) is 22.3. The molecule has 4 N–H and O–H groups in total. The van der Waals surface area contributed by atoms with Gasteiger partial charge in [-0.25, -0.2) is 4.79 Å². The third kappa shape index (κ3) is 12.0. The van der Waals surface area contributed by atoms with Crippen molar-refractivity contribution in [1.29, 1.82) is 0 Å². The Morgan fingerprint density at radius 2 is 1.55 bits per heavy atom. The predicted octanol–water partition coefficient (Wildman–Crippen LogP) is 4.73. The molecule has 2 aromatic carbocycles. The monoisotopic (exact) mass is 745 g/mol. The van der Waals surface area contributed by atoms with Gasteiger partial charge in [0.2, 0.25) is 11.8 Å². The van der Waals surface area contributed by atoms with Crippen molar-refractivity contribution in [2.45, 2.75) is 94.0 Å². The lowest BCUT2D eigenvalue weighted by Gasteiger charge is -2.41. The van der Waals surface area contributed by atoms with Gasteiger partial charge in [0.05, 0.1) is 18.6 Å². The average Bonchev–Trinajstić information content (AvgIpc) is 3.75. The van der Waals surface area contributed by atoms with Crippen LogP contribution in [0.4, 0.5) is 10.5 Å². The zero-order chi connectivity index (χ0) is 36.8. The largest absolute Gasteiger partial charge is 0.356 e. The van der Waals surface area contributed by atoms with Crippen LogP contribution in [-0.2, 0) is 9.59 Å². The number of hydrogen-bond acceptors (Lipinski definition) is 8. The molecule has 2 aromatic rings. The topological polar surface area (TPSA) is 126 Å². The van der Waals surface area contributed by atoms with Gasteiger partial charge in [-0.1, -0.05) is 56.0 Å². The molecular formula is C41H59N7O4S. The van der Waals surface area contributed by atoms with E-state index in [4.69, 9.17) is 0 Å². The first-order chi connectivity index (χ1) is 25.9. The Morgan fingerprint density at radius 3 is 2.32 bits per heavy atom. The summed E-state index contributed by atoms with van der Waals surface area (Å²) in [4.78, 5) is 57.8. The molecule has 0 bridgehead atoms. The highest BCUT2D eigenvalue weighted by Gasteiger charge is 2.42. The fourth-order valence-corrected chi connectivity index (χ4v) is 9.89. The van der Waals surface area contributed by atoms with E-state index in [2.05, 4.69) is 36.0 Å². The predicted molar refractivity (Wildman–Crippen MR) is 212 cm³/mol. The summed E-state index contributed by atoms with van der Waals surface area (Å²) in [5.41, 5.74) is 1.89. The molecule has 1 aliphatic carbocycles. The molecule has 288 valence electrons. The van der Waals surface area contributed by atoms with Gasteiger partial charge in [0.25, 0.3) is 0 Å². The van der Waals surface area contributed by atoms with E-state index in [1.807, 2.05) is 30.0 Å². The van der Waals surface area contributed by atoms with Crippen LogP contribution < -0.4 is 21.3 Å². The van der Waals surface area contributed by atoms with E-state index in [0.29, 0.717) is 35.0 Å². The summed E-state index contributed by atoms with van der Waals surface area (Å²) in [7, 11) is 0. The Balaban J connectivity index is 0.917. The maximum absolute atomic E-state index is 13.2. The molecule has 0 radical (unpaired) electrons. The van der Waals surface area contributed by atoms with E-state index in [-0.39, 0.29) is 42.3 Å². The number of ketones is 1. The number of amides is 4. The Morgan fingerprint density at radius 1 is 0.811 bits per heavy atom. The summed E-state index contributed by atoms with van der Waals surface area (Å²) >= 11 is 1.91. The fourth-order valence-electron chi connectivity index (χ4n) is 8.34. The second-order valence-electron chi connectivity index (χ2n) is 15.2. The molecule has 1 saturated carbocycles. The number of unbranched alkanes of at least 4 members (excludes halogenated alkanes) is 1. The number of anilines is 1. The van der Waals surface area contributed by atoms with Gasteiger partial charge in [0.15, 0.2) is 5.78 Å². The van der Waals surface area contributed by atoms with E-state index in [0.717, 1.165) is 89.7 Å². The molecular weight excluding hydrogens is 687 g/mol. The highest BCUT2D eigenvalue weighted by molar-refractivity contribution is 8.00. The molecule has 0 unspecified atom stereocenters. The summed E-state index contributed by atoms with van der Waals surface area (Å²) in [5.74, 6) is 0.895. The van der Waals surface area contributed by atoms with Crippen molar-refractivity contribution >= 4 is 41.1 Å². The lowest BCUT2D eigenvalue weighted by atomic mass is 9.94. The molecule has 0 spiro atoms. The van der Waals surface area contributed by atoms with E-state index >= 15 is 0 Å². The van der Waals surface area contributed by atoms with Crippen LogP contribution in [0, 0.1) is 0 Å². The molecule has 4 amide bonds. The van der Waals surface area contributed by atoms with Crippen molar-refractivity contribution in [3.05, 3.63) is 65.7 Å². The van der Waals surface area contributed by atoms with Crippen LogP contribution in [0.2, 0.25) is 0 Å². The van der Waals surface area contributed by atoms with Gasteiger partial charge in [0, 0.05) is 79.5 Å². The Labute approximate surface area is 319 Å². The summed E-state index contributed by atoms with van der Waals surface area (Å²) in [6.45, 7) is 7.93. The molecule has 4 aliphatic rings. The highest BCUT2D eigenvalue weighted by atomic mass is 32.2. The van der Waals surface area contributed by atoms with Crippen LogP contribution in [0.5, 0.6) is 0 Å². The smallest absolute Gasteiger partial charge is 0.315 e. The van der Waals surface area contributed by atoms with Crippen molar-refractivity contribution < 1.29 is 19.2 Å². The molecule has 3 heterocycles. The van der Waals surface area contributed by atoms with Gasteiger partial charge in [-0.15, -0.1) is 0 Å². The zero-order valence-corrected chi connectivity index (χ0v) is 32.1. The van der Waals surface area contributed by atoms with Crippen molar-refractivity contribution in [2.24, 2.45) is 0 Å². The van der Waals surface area contributed by atoms with E-state index in [1.54, 1.807) is 36.4 Å². The van der Waals surface area contributed by atoms with Crippen LogP contribution in [-0.4, -0.2) is 126 Å². The Hall–Kier alpha value is -3.45. The number of carbonyl (C=O) groups is 4. The minimum Gasteiger partial charge on any atom is -0.356 e. The van der Waals surface area contributed by atoms with Crippen LogP contribution in [0.1, 0.15) is 86.6 Å². The lowest BCUT2D eigenvalue weighted by Crippen LogP contribution is -2.51. The van der Waals surface area contributed by atoms with E-state index in [9.17, 15) is 19.2 Å². The maximum Gasteiger partial charge on any atom is 0.315 e. The number of rotatable bonds is 19. The minimum atomic E-state index is -0.0861. The molecule has 11 nitrogen and oxygen atoms in total. The third-order valence-corrected chi connectivity index (χ3v) is 12.8.